The first-order valence-electron chi connectivity index (χ1n) is 11.9. The highest BCUT2D eigenvalue weighted by Gasteiger charge is 2.42. The largest absolute Gasteiger partial charge is 0.478 e. The average molecular weight is 497 g/mol. The number of pyridine rings is 1. The van der Waals surface area contributed by atoms with E-state index in [0.29, 0.717) is 10.8 Å². The van der Waals surface area contributed by atoms with Gasteiger partial charge in [0.05, 0.1) is 29.0 Å². The fourth-order valence-electron chi connectivity index (χ4n) is 5.35. The SMILES string of the molecule is Cc1cc(C)cc(N2C(=S)N[C@@H](c3ccccn3)[C@@H]2c2cc(C)n(-c3ccccc3C(=O)O)c2C)c1. The number of anilines is 1. The van der Waals surface area contributed by atoms with Crippen molar-refractivity contribution in [2.75, 3.05) is 4.90 Å². The van der Waals surface area contributed by atoms with Gasteiger partial charge in [0.2, 0.25) is 0 Å². The molecule has 2 aromatic heterocycles. The van der Waals surface area contributed by atoms with Crippen molar-refractivity contribution >= 4 is 29.0 Å². The van der Waals surface area contributed by atoms with Crippen LogP contribution < -0.4 is 10.2 Å². The first-order valence-corrected chi connectivity index (χ1v) is 12.3. The van der Waals surface area contributed by atoms with Gasteiger partial charge >= 0.3 is 5.97 Å². The molecule has 36 heavy (non-hydrogen) atoms. The lowest BCUT2D eigenvalue weighted by molar-refractivity contribution is 0.0697. The van der Waals surface area contributed by atoms with Gasteiger partial charge in [-0.2, -0.15) is 0 Å². The van der Waals surface area contributed by atoms with Crippen LogP contribution in [-0.2, 0) is 0 Å². The van der Waals surface area contributed by atoms with Crippen molar-refractivity contribution in [2.24, 2.45) is 0 Å². The van der Waals surface area contributed by atoms with E-state index in [0.717, 1.165) is 39.5 Å². The van der Waals surface area contributed by atoms with Gasteiger partial charge in [0.1, 0.15) is 0 Å². The van der Waals surface area contributed by atoms with E-state index < -0.39 is 5.97 Å². The van der Waals surface area contributed by atoms with Gasteiger partial charge in [0.15, 0.2) is 5.11 Å². The number of hydrogen-bond donors (Lipinski definition) is 2. The number of aromatic carboxylic acids is 1. The van der Waals surface area contributed by atoms with Crippen LogP contribution in [0.1, 0.15) is 56.2 Å². The smallest absolute Gasteiger partial charge is 0.337 e. The minimum Gasteiger partial charge on any atom is -0.478 e. The predicted octanol–water partition coefficient (Wildman–Crippen LogP) is 5.98. The molecule has 1 fully saturated rings. The lowest BCUT2D eigenvalue weighted by atomic mass is 9.96. The summed E-state index contributed by atoms with van der Waals surface area (Å²) in [5.74, 6) is -0.952. The third-order valence-electron chi connectivity index (χ3n) is 6.75. The number of nitrogens with one attached hydrogen (secondary N) is 1. The maximum absolute atomic E-state index is 12.0. The van der Waals surface area contributed by atoms with Crippen LogP contribution >= 0.6 is 12.2 Å². The second kappa shape index (κ2) is 9.24. The van der Waals surface area contributed by atoms with Crippen LogP contribution in [0.5, 0.6) is 0 Å². The molecule has 182 valence electrons. The molecular weight excluding hydrogens is 468 g/mol. The highest BCUT2D eigenvalue weighted by Crippen LogP contribution is 2.44. The van der Waals surface area contributed by atoms with Gasteiger partial charge in [-0.1, -0.05) is 24.3 Å². The molecule has 0 bridgehead atoms. The van der Waals surface area contributed by atoms with E-state index in [1.54, 1.807) is 18.3 Å². The molecule has 0 radical (unpaired) electrons. The van der Waals surface area contributed by atoms with Crippen LogP contribution in [-0.4, -0.2) is 25.7 Å². The minimum atomic E-state index is -0.952. The van der Waals surface area contributed by atoms with Gasteiger partial charge in [-0.05, 0) is 99.1 Å². The minimum absolute atomic E-state index is 0.175. The summed E-state index contributed by atoms with van der Waals surface area (Å²) in [7, 11) is 0. The average Bonchev–Trinajstić information content (AvgIpc) is 3.34. The van der Waals surface area contributed by atoms with Crippen molar-refractivity contribution in [3.8, 4) is 5.69 Å². The summed E-state index contributed by atoms with van der Waals surface area (Å²) >= 11 is 5.90. The Kier molecular flexibility index (Phi) is 6.10. The van der Waals surface area contributed by atoms with Crippen LogP contribution in [0.15, 0.2) is 72.9 Å². The first-order chi connectivity index (χ1) is 17.3. The summed E-state index contributed by atoms with van der Waals surface area (Å²) in [6.07, 6.45) is 1.79. The molecule has 2 N–H and O–H groups in total. The number of aryl methyl sites for hydroxylation is 3. The molecular formula is C29H28N4O2S. The molecule has 5 rings (SSSR count). The number of aromatic nitrogens is 2. The predicted molar refractivity (Wildman–Crippen MR) is 146 cm³/mol. The van der Waals surface area contributed by atoms with Gasteiger partial charge in [-0.3, -0.25) is 4.98 Å². The van der Waals surface area contributed by atoms with E-state index in [4.69, 9.17) is 12.2 Å². The number of benzene rings is 2. The van der Waals surface area contributed by atoms with Gasteiger partial charge < -0.3 is 19.9 Å². The summed E-state index contributed by atoms with van der Waals surface area (Å²) in [5.41, 5.74) is 8.13. The Morgan fingerprint density at radius 3 is 2.33 bits per heavy atom. The van der Waals surface area contributed by atoms with Crippen molar-refractivity contribution in [3.05, 3.63) is 112 Å². The maximum Gasteiger partial charge on any atom is 0.337 e. The van der Waals surface area contributed by atoms with Gasteiger partial charge in [-0.25, -0.2) is 4.79 Å². The fraction of sp³-hybridized carbons (Fsp3) is 0.207. The summed E-state index contributed by atoms with van der Waals surface area (Å²) in [4.78, 5) is 18.8. The third-order valence-corrected chi connectivity index (χ3v) is 7.06. The molecule has 0 saturated carbocycles. The highest BCUT2D eigenvalue weighted by atomic mass is 32.1. The zero-order valence-electron chi connectivity index (χ0n) is 20.7. The van der Waals surface area contributed by atoms with Gasteiger partial charge in [0, 0.05) is 23.3 Å². The van der Waals surface area contributed by atoms with Crippen molar-refractivity contribution < 1.29 is 9.90 Å². The van der Waals surface area contributed by atoms with Crippen LogP contribution in [0.3, 0.4) is 0 Å². The first kappa shape index (κ1) is 23.8. The molecule has 0 amide bonds. The number of thiocarbonyl (C=S) groups is 1. The summed E-state index contributed by atoms with van der Waals surface area (Å²) in [6.45, 7) is 8.22. The van der Waals surface area contributed by atoms with Crippen LogP contribution in [0, 0.1) is 27.7 Å². The number of carboxylic acid groups (broad SMARTS) is 1. The molecule has 0 aliphatic carbocycles. The molecule has 2 aromatic carbocycles. The van der Waals surface area contributed by atoms with Gasteiger partial charge in [0.25, 0.3) is 0 Å². The monoisotopic (exact) mass is 496 g/mol. The zero-order chi connectivity index (χ0) is 25.6. The number of carboxylic acids is 1. The van der Waals surface area contributed by atoms with E-state index in [9.17, 15) is 9.90 Å². The second-order valence-electron chi connectivity index (χ2n) is 9.33. The van der Waals surface area contributed by atoms with E-state index in [-0.39, 0.29) is 17.6 Å². The number of hydrogen-bond acceptors (Lipinski definition) is 3. The van der Waals surface area contributed by atoms with Crippen molar-refractivity contribution in [1.82, 2.24) is 14.9 Å². The number of rotatable bonds is 5. The maximum atomic E-state index is 12.0. The molecule has 1 aliphatic rings. The van der Waals surface area contributed by atoms with Crippen molar-refractivity contribution in [2.45, 2.75) is 39.8 Å². The normalized spacial score (nSPS) is 17.3. The molecule has 1 saturated heterocycles. The Morgan fingerprint density at radius 2 is 1.67 bits per heavy atom. The Bertz CT molecular complexity index is 1460. The third kappa shape index (κ3) is 4.05. The molecule has 6 nitrogen and oxygen atoms in total. The van der Waals surface area contributed by atoms with Crippen molar-refractivity contribution in [3.63, 3.8) is 0 Å². The number of nitrogens with zero attached hydrogens (tertiary/aromatic N) is 3. The Balaban J connectivity index is 1.72. The molecule has 3 heterocycles. The van der Waals surface area contributed by atoms with Crippen LogP contribution in [0.4, 0.5) is 5.69 Å². The molecule has 7 heteroatoms. The molecule has 0 spiro atoms. The van der Waals surface area contributed by atoms with E-state index in [1.165, 1.54) is 0 Å². The quantitative estimate of drug-likeness (QED) is 0.331. The molecule has 4 aromatic rings. The summed E-state index contributed by atoms with van der Waals surface area (Å²) in [5, 5.41) is 14.0. The van der Waals surface area contributed by atoms with E-state index in [1.807, 2.05) is 48.7 Å². The van der Waals surface area contributed by atoms with Crippen LogP contribution in [0.2, 0.25) is 0 Å². The molecule has 0 unspecified atom stereocenters. The van der Waals surface area contributed by atoms with E-state index >= 15 is 0 Å². The second-order valence-corrected chi connectivity index (χ2v) is 9.71. The molecule has 2 atom stereocenters. The fourth-order valence-corrected chi connectivity index (χ4v) is 5.69. The number of carbonyl (C=O) groups is 1. The summed E-state index contributed by atoms with van der Waals surface area (Å²) in [6, 6.07) is 21.2. The Hall–Kier alpha value is -3.97. The van der Waals surface area contributed by atoms with Crippen molar-refractivity contribution in [1.29, 1.82) is 0 Å². The lowest BCUT2D eigenvalue weighted by Gasteiger charge is -2.29. The Labute approximate surface area is 216 Å². The standard InChI is InChI=1S/C29H28N4O2S/c1-17-13-18(2)15-21(14-17)33-27(26(31-29(33)36)24-10-7-8-12-30-24)23-16-19(3)32(20(23)4)25-11-6-5-9-22(25)28(34)35/h5-16,26-27H,1-4H3,(H,31,36)(H,34,35)/t26-,27-/m0/s1. The summed E-state index contributed by atoms with van der Waals surface area (Å²) < 4.78 is 2.02. The lowest BCUT2D eigenvalue weighted by Crippen LogP contribution is -2.29. The highest BCUT2D eigenvalue weighted by molar-refractivity contribution is 7.80. The topological polar surface area (TPSA) is 70.4 Å². The Morgan fingerprint density at radius 1 is 0.972 bits per heavy atom. The molecule has 1 aliphatic heterocycles. The van der Waals surface area contributed by atoms with E-state index in [2.05, 4.69) is 53.3 Å². The van der Waals surface area contributed by atoms with Crippen LogP contribution in [0.25, 0.3) is 5.69 Å². The number of para-hydroxylation sites is 1. The van der Waals surface area contributed by atoms with Gasteiger partial charge in [-0.15, -0.1) is 0 Å². The zero-order valence-corrected chi connectivity index (χ0v) is 21.5.